The van der Waals surface area contributed by atoms with E-state index in [2.05, 4.69) is 15.4 Å². The molecule has 1 amide bonds. The van der Waals surface area contributed by atoms with Crippen molar-refractivity contribution in [1.29, 1.82) is 0 Å². The van der Waals surface area contributed by atoms with E-state index in [1.165, 1.54) is 0 Å². The van der Waals surface area contributed by atoms with Crippen LogP contribution in [0.5, 0.6) is 0 Å². The maximum absolute atomic E-state index is 11.7. The molecule has 0 spiro atoms. The number of hydrogen-bond acceptors (Lipinski definition) is 4. The molecule has 5 nitrogen and oxygen atoms in total. The normalized spacial score (nSPS) is 23.7. The van der Waals surface area contributed by atoms with E-state index in [-0.39, 0.29) is 5.91 Å². The van der Waals surface area contributed by atoms with Gasteiger partial charge >= 0.3 is 0 Å². The van der Waals surface area contributed by atoms with Crippen LogP contribution in [0.15, 0.2) is 10.6 Å². The summed E-state index contributed by atoms with van der Waals surface area (Å²) in [5, 5.41) is 6.99. The number of carbonyl (C=O) groups excluding carboxylic acids is 1. The van der Waals surface area contributed by atoms with Crippen LogP contribution in [0.4, 0.5) is 0 Å². The molecule has 1 aromatic rings. The average Bonchev–Trinajstić information content (AvgIpc) is 2.91. The lowest BCUT2D eigenvalue weighted by Crippen LogP contribution is -2.31. The van der Waals surface area contributed by atoms with Gasteiger partial charge in [0.05, 0.1) is 11.7 Å². The number of hydrogen-bond donors (Lipinski definition) is 1. The van der Waals surface area contributed by atoms with Crippen LogP contribution in [0.1, 0.15) is 49.6 Å². The number of rotatable bonds is 5. The minimum atomic E-state index is 0.182. The number of aromatic nitrogens is 1. The Morgan fingerprint density at radius 3 is 3.05 bits per heavy atom. The van der Waals surface area contributed by atoms with E-state index in [9.17, 15) is 4.79 Å². The van der Waals surface area contributed by atoms with Crippen LogP contribution in [0, 0.1) is 6.92 Å². The van der Waals surface area contributed by atoms with Crippen molar-refractivity contribution in [3.63, 3.8) is 0 Å². The van der Waals surface area contributed by atoms with Gasteiger partial charge < -0.3 is 9.84 Å². The zero-order valence-electron chi connectivity index (χ0n) is 11.4. The van der Waals surface area contributed by atoms with Gasteiger partial charge in [0.25, 0.3) is 0 Å². The van der Waals surface area contributed by atoms with Crippen LogP contribution in [0.3, 0.4) is 0 Å². The first kappa shape index (κ1) is 12.7. The zero-order chi connectivity index (χ0) is 13.2. The smallest absolute Gasteiger partial charge is 0.221 e. The van der Waals surface area contributed by atoms with Crippen LogP contribution in [-0.2, 0) is 4.79 Å². The largest absolute Gasteiger partial charge is 0.359 e. The number of nitrogens with one attached hydrogen (secondary N) is 1. The third kappa shape index (κ3) is 3.15. The van der Waals surface area contributed by atoms with Crippen molar-refractivity contribution >= 4 is 5.91 Å². The molecule has 1 N–H and O–H groups in total. The van der Waals surface area contributed by atoms with Gasteiger partial charge in [-0.15, -0.1) is 0 Å². The van der Waals surface area contributed by atoms with Gasteiger partial charge in [-0.25, -0.2) is 0 Å². The van der Waals surface area contributed by atoms with Crippen molar-refractivity contribution in [2.45, 2.75) is 51.1 Å². The Morgan fingerprint density at radius 2 is 2.37 bits per heavy atom. The quantitative estimate of drug-likeness (QED) is 0.880. The standard InChI is InChI=1S/C14H21N3O2/c1-10-9-13(19-16-10)12-3-2-7-17(12)8-6-14(18)15-11-4-5-11/h9,11-12H,2-8H2,1H3,(H,15,18)/t12-/m0/s1. The Kier molecular flexibility index (Phi) is 3.55. The van der Waals surface area contributed by atoms with Crippen molar-refractivity contribution in [2.24, 2.45) is 0 Å². The van der Waals surface area contributed by atoms with Crippen LogP contribution in [-0.4, -0.2) is 35.1 Å². The lowest BCUT2D eigenvalue weighted by atomic mass is 10.1. The molecule has 1 atom stereocenters. The molecule has 2 aliphatic rings. The molecule has 3 rings (SSSR count). The molecular weight excluding hydrogens is 242 g/mol. The predicted octanol–water partition coefficient (Wildman–Crippen LogP) is 1.79. The van der Waals surface area contributed by atoms with Gasteiger partial charge in [-0.05, 0) is 39.2 Å². The Labute approximate surface area is 113 Å². The van der Waals surface area contributed by atoms with E-state index in [1.807, 2.05) is 13.0 Å². The molecule has 104 valence electrons. The Morgan fingerprint density at radius 1 is 1.53 bits per heavy atom. The molecule has 1 aliphatic carbocycles. The van der Waals surface area contributed by atoms with Gasteiger partial charge in [-0.1, -0.05) is 5.16 Å². The van der Waals surface area contributed by atoms with E-state index in [0.29, 0.717) is 18.5 Å². The summed E-state index contributed by atoms with van der Waals surface area (Å²) in [6, 6.07) is 2.77. The highest BCUT2D eigenvalue weighted by atomic mass is 16.5. The lowest BCUT2D eigenvalue weighted by Gasteiger charge is -2.21. The van der Waals surface area contributed by atoms with Gasteiger partial charge in [0.2, 0.25) is 5.91 Å². The molecule has 1 aromatic heterocycles. The molecule has 0 radical (unpaired) electrons. The number of nitrogens with zero attached hydrogens (tertiary/aromatic N) is 2. The van der Waals surface area contributed by atoms with Crippen molar-refractivity contribution in [3.8, 4) is 0 Å². The fourth-order valence-corrected chi connectivity index (χ4v) is 2.73. The molecule has 1 saturated carbocycles. The third-order valence-electron chi connectivity index (χ3n) is 3.91. The Bertz CT molecular complexity index is 453. The number of aryl methyl sites for hydroxylation is 1. The van der Waals surface area contributed by atoms with E-state index in [4.69, 9.17) is 4.52 Å². The van der Waals surface area contributed by atoms with Crippen molar-refractivity contribution in [1.82, 2.24) is 15.4 Å². The molecule has 1 saturated heterocycles. The molecule has 2 heterocycles. The highest BCUT2D eigenvalue weighted by molar-refractivity contribution is 5.76. The summed E-state index contributed by atoms with van der Waals surface area (Å²) in [4.78, 5) is 14.1. The second-order valence-electron chi connectivity index (χ2n) is 5.66. The maximum atomic E-state index is 11.7. The Balaban J connectivity index is 1.52. The van der Waals surface area contributed by atoms with Gasteiger partial charge in [-0.3, -0.25) is 9.69 Å². The van der Waals surface area contributed by atoms with E-state index >= 15 is 0 Å². The minimum absolute atomic E-state index is 0.182. The average molecular weight is 263 g/mol. The van der Waals surface area contributed by atoms with Crippen LogP contribution in [0.2, 0.25) is 0 Å². The SMILES string of the molecule is Cc1cc([C@@H]2CCCN2CCC(=O)NC2CC2)on1. The van der Waals surface area contributed by atoms with Crippen molar-refractivity contribution in [3.05, 3.63) is 17.5 Å². The summed E-state index contributed by atoms with van der Waals surface area (Å²) in [5.41, 5.74) is 0.924. The molecule has 1 aliphatic heterocycles. The lowest BCUT2D eigenvalue weighted by molar-refractivity contribution is -0.121. The first-order chi connectivity index (χ1) is 9.22. The minimum Gasteiger partial charge on any atom is -0.359 e. The van der Waals surface area contributed by atoms with E-state index in [1.54, 1.807) is 0 Å². The van der Waals surface area contributed by atoms with E-state index in [0.717, 1.165) is 50.2 Å². The fraction of sp³-hybridized carbons (Fsp3) is 0.714. The molecule has 19 heavy (non-hydrogen) atoms. The van der Waals surface area contributed by atoms with E-state index < -0.39 is 0 Å². The van der Waals surface area contributed by atoms with Gasteiger partial charge in [0.15, 0.2) is 5.76 Å². The first-order valence-electron chi connectivity index (χ1n) is 7.19. The van der Waals surface area contributed by atoms with Gasteiger partial charge in [0, 0.05) is 25.1 Å². The topological polar surface area (TPSA) is 58.4 Å². The summed E-state index contributed by atoms with van der Waals surface area (Å²) in [6.07, 6.45) is 5.14. The first-order valence-corrected chi connectivity index (χ1v) is 7.19. The maximum Gasteiger partial charge on any atom is 0.221 e. The zero-order valence-corrected chi connectivity index (χ0v) is 11.4. The summed E-state index contributed by atoms with van der Waals surface area (Å²) in [5.74, 6) is 1.12. The Hall–Kier alpha value is -1.36. The molecule has 0 bridgehead atoms. The molecule has 0 aromatic carbocycles. The highest BCUT2D eigenvalue weighted by Crippen LogP contribution is 2.32. The second-order valence-corrected chi connectivity index (χ2v) is 5.66. The summed E-state index contributed by atoms with van der Waals surface area (Å²) in [6.45, 7) is 3.79. The van der Waals surface area contributed by atoms with Crippen LogP contribution < -0.4 is 5.32 Å². The number of likely N-dealkylation sites (tertiary alicyclic amines) is 1. The van der Waals surface area contributed by atoms with Crippen molar-refractivity contribution < 1.29 is 9.32 Å². The van der Waals surface area contributed by atoms with Crippen LogP contribution >= 0.6 is 0 Å². The molecule has 5 heteroatoms. The summed E-state index contributed by atoms with van der Waals surface area (Å²) in [7, 11) is 0. The van der Waals surface area contributed by atoms with Gasteiger partial charge in [-0.2, -0.15) is 0 Å². The van der Waals surface area contributed by atoms with Crippen LogP contribution in [0.25, 0.3) is 0 Å². The highest BCUT2D eigenvalue weighted by Gasteiger charge is 2.29. The molecule has 0 unspecified atom stereocenters. The monoisotopic (exact) mass is 263 g/mol. The molecule has 2 fully saturated rings. The number of carbonyl (C=O) groups is 1. The van der Waals surface area contributed by atoms with Gasteiger partial charge in [0.1, 0.15) is 0 Å². The third-order valence-corrected chi connectivity index (χ3v) is 3.91. The molecular formula is C14H21N3O2. The predicted molar refractivity (Wildman–Crippen MR) is 70.6 cm³/mol. The second kappa shape index (κ2) is 5.33. The van der Waals surface area contributed by atoms with Crippen molar-refractivity contribution in [2.75, 3.05) is 13.1 Å². The fourth-order valence-electron chi connectivity index (χ4n) is 2.73. The summed E-state index contributed by atoms with van der Waals surface area (Å²) < 4.78 is 5.37. The summed E-state index contributed by atoms with van der Waals surface area (Å²) >= 11 is 0. The number of amides is 1.